The van der Waals surface area contributed by atoms with Crippen LogP contribution in [-0.4, -0.2) is 6.17 Å². The molecule has 2 rings (SSSR count). The van der Waals surface area contributed by atoms with Crippen molar-refractivity contribution in [3.63, 3.8) is 0 Å². The second kappa shape index (κ2) is 4.99. The summed E-state index contributed by atoms with van der Waals surface area (Å²) in [5, 5.41) is 0. The van der Waals surface area contributed by atoms with Crippen molar-refractivity contribution < 1.29 is 8.78 Å². The van der Waals surface area contributed by atoms with Crippen LogP contribution < -0.4 is 0 Å². The summed E-state index contributed by atoms with van der Waals surface area (Å²) < 4.78 is 27.3. The molecule has 0 aromatic heterocycles. The molecule has 0 saturated heterocycles. The fraction of sp³-hybridized carbons (Fsp3) is 0.467. The number of rotatable bonds is 2. The summed E-state index contributed by atoms with van der Waals surface area (Å²) in [5.41, 5.74) is 0.762. The predicted octanol–water partition coefficient (Wildman–Crippen LogP) is 4.67. The van der Waals surface area contributed by atoms with Gasteiger partial charge in [0.1, 0.15) is 5.83 Å². The molecule has 2 aliphatic carbocycles. The van der Waals surface area contributed by atoms with Crippen LogP contribution in [0.2, 0.25) is 0 Å². The van der Waals surface area contributed by atoms with E-state index in [-0.39, 0.29) is 11.5 Å². The van der Waals surface area contributed by atoms with Crippen molar-refractivity contribution in [3.8, 4) is 0 Å². The van der Waals surface area contributed by atoms with Crippen molar-refractivity contribution in [1.82, 2.24) is 0 Å². The van der Waals surface area contributed by atoms with Crippen LogP contribution in [0.15, 0.2) is 48.4 Å². The van der Waals surface area contributed by atoms with Gasteiger partial charge in [-0.25, -0.2) is 8.78 Å². The summed E-state index contributed by atoms with van der Waals surface area (Å²) in [6.45, 7) is 7.29. The van der Waals surface area contributed by atoms with Crippen molar-refractivity contribution in [1.29, 1.82) is 0 Å². The summed E-state index contributed by atoms with van der Waals surface area (Å²) in [6, 6.07) is 0. The average Bonchev–Trinajstić information content (AvgIpc) is 2.36. The third kappa shape index (κ3) is 2.41. The quantitative estimate of drug-likeness (QED) is 0.611. The lowest BCUT2D eigenvalue weighted by Gasteiger charge is -2.29. The number of halogens is 2. The Labute approximate surface area is 101 Å². The molecule has 0 aliphatic heterocycles. The van der Waals surface area contributed by atoms with E-state index >= 15 is 0 Å². The monoisotopic (exact) mass is 236 g/mol. The minimum absolute atomic E-state index is 0.161. The summed E-state index contributed by atoms with van der Waals surface area (Å²) in [6.07, 6.45) is 7.53. The van der Waals surface area contributed by atoms with Gasteiger partial charge >= 0.3 is 0 Å². The molecule has 0 N–H and O–H groups in total. The Bertz CT molecular complexity index is 382. The molecule has 2 heteroatoms. The highest BCUT2D eigenvalue weighted by Gasteiger charge is 2.29. The van der Waals surface area contributed by atoms with Gasteiger partial charge in [0.2, 0.25) is 0 Å². The van der Waals surface area contributed by atoms with Crippen LogP contribution in [0.25, 0.3) is 0 Å². The first-order valence-electron chi connectivity index (χ1n) is 6.16. The third-order valence-electron chi connectivity index (χ3n) is 3.85. The Hall–Kier alpha value is -1.18. The van der Waals surface area contributed by atoms with Crippen LogP contribution in [0.3, 0.4) is 0 Å². The first-order valence-corrected chi connectivity index (χ1v) is 6.16. The highest BCUT2D eigenvalue weighted by atomic mass is 19.2. The standard InChI is InChI=1S/C15H18F2/c1-3-11-5-7-12(8-6-11)13-9-4-10(2)14(16)15(13)17/h3-4,9,11-12,14H,1-2,5-8H2. The Morgan fingerprint density at radius 3 is 2.41 bits per heavy atom. The topological polar surface area (TPSA) is 0 Å². The van der Waals surface area contributed by atoms with Crippen LogP contribution >= 0.6 is 0 Å². The molecule has 92 valence electrons. The Balaban J connectivity index is 2.11. The van der Waals surface area contributed by atoms with E-state index in [0.29, 0.717) is 11.5 Å². The molecule has 17 heavy (non-hydrogen) atoms. The van der Waals surface area contributed by atoms with Gasteiger partial charge < -0.3 is 0 Å². The number of alkyl halides is 1. The van der Waals surface area contributed by atoms with Gasteiger partial charge in [0.15, 0.2) is 6.17 Å². The van der Waals surface area contributed by atoms with Crippen molar-refractivity contribution >= 4 is 0 Å². The maximum Gasteiger partial charge on any atom is 0.176 e. The SMILES string of the molecule is C=CC1CCC(C2=C(F)C(F)C(=C)C=C2)CC1. The summed E-state index contributed by atoms with van der Waals surface area (Å²) in [5.74, 6) is 0.0759. The minimum Gasteiger partial charge on any atom is -0.234 e. The van der Waals surface area contributed by atoms with E-state index in [9.17, 15) is 8.78 Å². The smallest absolute Gasteiger partial charge is 0.176 e. The minimum atomic E-state index is -1.63. The molecule has 0 aromatic carbocycles. The van der Waals surface area contributed by atoms with Crippen LogP contribution in [0.5, 0.6) is 0 Å². The molecule has 1 saturated carbocycles. The van der Waals surface area contributed by atoms with Crippen LogP contribution in [0.4, 0.5) is 8.78 Å². The predicted molar refractivity (Wildman–Crippen MR) is 67.0 cm³/mol. The van der Waals surface area contributed by atoms with Crippen LogP contribution in [-0.2, 0) is 0 Å². The third-order valence-corrected chi connectivity index (χ3v) is 3.85. The van der Waals surface area contributed by atoms with Crippen LogP contribution in [0, 0.1) is 11.8 Å². The largest absolute Gasteiger partial charge is 0.234 e. The first-order chi connectivity index (χ1) is 8.13. The molecule has 1 atom stereocenters. The van der Waals surface area contributed by atoms with Crippen molar-refractivity contribution in [2.24, 2.45) is 11.8 Å². The number of hydrogen-bond acceptors (Lipinski definition) is 0. The molecule has 0 spiro atoms. The summed E-state index contributed by atoms with van der Waals surface area (Å²) in [7, 11) is 0. The van der Waals surface area contributed by atoms with E-state index in [0.717, 1.165) is 25.7 Å². The normalized spacial score (nSPS) is 34.0. The lowest BCUT2D eigenvalue weighted by atomic mass is 9.77. The average molecular weight is 236 g/mol. The number of hydrogen-bond donors (Lipinski definition) is 0. The second-order valence-corrected chi connectivity index (χ2v) is 4.92. The second-order valence-electron chi connectivity index (χ2n) is 4.92. The molecule has 0 heterocycles. The van der Waals surface area contributed by atoms with Crippen molar-refractivity contribution in [2.75, 3.05) is 0 Å². The molecule has 0 amide bonds. The lowest BCUT2D eigenvalue weighted by molar-refractivity contribution is 0.321. The van der Waals surface area contributed by atoms with E-state index in [1.165, 1.54) is 0 Å². The molecule has 1 fully saturated rings. The van der Waals surface area contributed by atoms with E-state index in [4.69, 9.17) is 0 Å². The Kier molecular flexibility index (Phi) is 3.60. The van der Waals surface area contributed by atoms with Gasteiger partial charge in [0.05, 0.1) is 0 Å². The van der Waals surface area contributed by atoms with Gasteiger partial charge in [0, 0.05) is 0 Å². The Morgan fingerprint density at radius 2 is 1.82 bits per heavy atom. The molecule has 0 bridgehead atoms. The van der Waals surface area contributed by atoms with Crippen LogP contribution in [0.1, 0.15) is 25.7 Å². The van der Waals surface area contributed by atoms with Crippen molar-refractivity contribution in [2.45, 2.75) is 31.9 Å². The fourth-order valence-corrected chi connectivity index (χ4v) is 2.67. The molecule has 1 unspecified atom stereocenters. The van der Waals surface area contributed by atoms with Gasteiger partial charge in [-0.05, 0) is 48.7 Å². The van der Waals surface area contributed by atoms with Gasteiger partial charge in [0.25, 0.3) is 0 Å². The van der Waals surface area contributed by atoms with E-state index in [1.54, 1.807) is 12.2 Å². The van der Waals surface area contributed by atoms with Gasteiger partial charge in [-0.15, -0.1) is 6.58 Å². The van der Waals surface area contributed by atoms with Gasteiger partial charge in [-0.2, -0.15) is 0 Å². The van der Waals surface area contributed by atoms with Crippen molar-refractivity contribution in [3.05, 3.63) is 48.4 Å². The van der Waals surface area contributed by atoms with Gasteiger partial charge in [-0.3, -0.25) is 0 Å². The first kappa shape index (κ1) is 12.3. The summed E-state index contributed by atoms with van der Waals surface area (Å²) in [4.78, 5) is 0. The molecule has 0 aromatic rings. The summed E-state index contributed by atoms with van der Waals surface area (Å²) >= 11 is 0. The lowest BCUT2D eigenvalue weighted by Crippen LogP contribution is -2.19. The maximum absolute atomic E-state index is 13.8. The van der Waals surface area contributed by atoms with E-state index in [2.05, 4.69) is 13.2 Å². The zero-order valence-corrected chi connectivity index (χ0v) is 9.96. The number of allylic oxidation sites excluding steroid dienone is 6. The molecule has 0 nitrogen and oxygen atoms in total. The molecular formula is C15H18F2. The molecule has 0 radical (unpaired) electrons. The van der Waals surface area contributed by atoms with E-state index < -0.39 is 12.0 Å². The molecule has 2 aliphatic rings. The maximum atomic E-state index is 13.8. The highest BCUT2D eigenvalue weighted by Crippen LogP contribution is 2.39. The highest BCUT2D eigenvalue weighted by molar-refractivity contribution is 5.42. The van der Waals surface area contributed by atoms with Gasteiger partial charge in [-0.1, -0.05) is 24.8 Å². The zero-order valence-electron chi connectivity index (χ0n) is 9.96. The zero-order chi connectivity index (χ0) is 12.4. The van der Waals surface area contributed by atoms with E-state index in [1.807, 2.05) is 6.08 Å². The Morgan fingerprint density at radius 1 is 1.18 bits per heavy atom. The fourth-order valence-electron chi connectivity index (χ4n) is 2.67. The molecular weight excluding hydrogens is 218 g/mol.